The first-order chi connectivity index (χ1) is 11.8. The van der Waals surface area contributed by atoms with Crippen LogP contribution >= 0.6 is 0 Å². The van der Waals surface area contributed by atoms with Crippen molar-refractivity contribution in [2.24, 2.45) is 0 Å². The molecule has 1 aliphatic rings. The van der Waals surface area contributed by atoms with E-state index in [1.165, 1.54) is 0 Å². The molecule has 25 heavy (non-hydrogen) atoms. The molecule has 1 atom stereocenters. The molecule has 3 rings (SSSR count). The summed E-state index contributed by atoms with van der Waals surface area (Å²) in [6.45, 7) is 3.39. The monoisotopic (exact) mass is 352 g/mol. The van der Waals surface area contributed by atoms with Gasteiger partial charge in [0.05, 0.1) is 11.1 Å². The van der Waals surface area contributed by atoms with Crippen molar-refractivity contribution < 1.29 is 18.3 Å². The zero-order valence-corrected chi connectivity index (χ0v) is 13.7. The highest BCUT2D eigenvalue weighted by molar-refractivity contribution is 5.70. The van der Waals surface area contributed by atoms with Gasteiger partial charge >= 0.3 is 6.18 Å². The van der Waals surface area contributed by atoms with Gasteiger partial charge in [0, 0.05) is 24.3 Å². The van der Waals surface area contributed by atoms with Gasteiger partial charge in [-0.1, -0.05) is 0 Å². The normalized spacial score (nSPS) is 18.3. The molecule has 0 radical (unpaired) electrons. The van der Waals surface area contributed by atoms with Crippen LogP contribution in [-0.2, 0) is 6.18 Å². The number of aryl methyl sites for hydroxylation is 1. The minimum Gasteiger partial charge on any atom is -0.507 e. The van der Waals surface area contributed by atoms with Crippen molar-refractivity contribution >= 4 is 0 Å². The van der Waals surface area contributed by atoms with Gasteiger partial charge in [0.15, 0.2) is 0 Å². The van der Waals surface area contributed by atoms with E-state index >= 15 is 0 Å². The Kier molecular flexibility index (Phi) is 4.60. The number of hydrogen-bond donors (Lipinski definition) is 2. The first-order valence-electron chi connectivity index (χ1n) is 8.11. The van der Waals surface area contributed by atoms with Gasteiger partial charge in [0.2, 0.25) is 0 Å². The second-order valence-electron chi connectivity index (χ2n) is 6.37. The molecule has 0 saturated carbocycles. The summed E-state index contributed by atoms with van der Waals surface area (Å²) in [6, 6.07) is 4.28. The van der Waals surface area contributed by atoms with E-state index in [1.54, 1.807) is 16.8 Å². The van der Waals surface area contributed by atoms with Gasteiger partial charge < -0.3 is 15.0 Å². The fraction of sp³-hybridized carbons (Fsp3) is 0.389. The third-order valence-corrected chi connectivity index (χ3v) is 4.46. The molecule has 1 aliphatic heterocycles. The molecule has 4 nitrogen and oxygen atoms in total. The predicted molar refractivity (Wildman–Crippen MR) is 88.7 cm³/mol. The molecule has 1 saturated heterocycles. The number of alkyl halides is 3. The molecule has 0 spiro atoms. The average Bonchev–Trinajstić information content (AvgIpc) is 2.57. The summed E-state index contributed by atoms with van der Waals surface area (Å²) in [5.41, 5.74) is -0.136. The second kappa shape index (κ2) is 6.55. The van der Waals surface area contributed by atoms with Crippen LogP contribution in [-0.4, -0.2) is 22.8 Å². The van der Waals surface area contributed by atoms with Crippen LogP contribution in [0.3, 0.4) is 0 Å². The van der Waals surface area contributed by atoms with E-state index in [1.807, 2.05) is 6.92 Å². The second-order valence-corrected chi connectivity index (χ2v) is 6.37. The number of phenols is 1. The standard InChI is InChI=1S/C18H19F3N2O2/c1-11-7-15(14-5-4-12(8-16(14)24)18(19,20)21)17(25)23(10-11)13-3-2-6-22-9-13/h4-5,7-8,10,13,22,24H,2-3,6,9H2,1H3. The maximum absolute atomic E-state index is 12.9. The number of aromatic nitrogens is 1. The van der Waals surface area contributed by atoms with Crippen LogP contribution in [0.15, 0.2) is 35.3 Å². The molecule has 0 aliphatic carbocycles. The maximum atomic E-state index is 12.9. The van der Waals surface area contributed by atoms with Crippen molar-refractivity contribution in [3.8, 4) is 16.9 Å². The van der Waals surface area contributed by atoms with Gasteiger partial charge in [-0.3, -0.25) is 4.79 Å². The minimum absolute atomic E-state index is 0.00325. The summed E-state index contributed by atoms with van der Waals surface area (Å²) in [4.78, 5) is 12.9. The van der Waals surface area contributed by atoms with Gasteiger partial charge in [-0.15, -0.1) is 0 Å². The van der Waals surface area contributed by atoms with Gasteiger partial charge in [-0.25, -0.2) is 0 Å². The zero-order chi connectivity index (χ0) is 18.2. The number of hydrogen-bond acceptors (Lipinski definition) is 3. The molecule has 2 N–H and O–H groups in total. The Balaban J connectivity index is 2.09. The SMILES string of the molecule is Cc1cc(-c2ccc(C(F)(F)F)cc2O)c(=O)n(C2CCCNC2)c1. The molecule has 1 aromatic heterocycles. The molecule has 0 bridgehead atoms. The fourth-order valence-electron chi connectivity index (χ4n) is 3.21. The molecule has 2 aromatic rings. The highest BCUT2D eigenvalue weighted by atomic mass is 19.4. The van der Waals surface area contributed by atoms with Crippen molar-refractivity contribution in [3.05, 3.63) is 51.9 Å². The third kappa shape index (κ3) is 3.56. The van der Waals surface area contributed by atoms with Gasteiger partial charge in [0.1, 0.15) is 5.75 Å². The van der Waals surface area contributed by atoms with Crippen molar-refractivity contribution in [2.45, 2.75) is 32.0 Å². The van der Waals surface area contributed by atoms with E-state index in [4.69, 9.17) is 0 Å². The van der Waals surface area contributed by atoms with Crippen molar-refractivity contribution in [1.29, 1.82) is 0 Å². The molecular weight excluding hydrogens is 333 g/mol. The molecular formula is C18H19F3N2O2. The van der Waals surface area contributed by atoms with E-state index in [0.717, 1.165) is 37.1 Å². The highest BCUT2D eigenvalue weighted by Gasteiger charge is 2.31. The largest absolute Gasteiger partial charge is 0.507 e. The van der Waals surface area contributed by atoms with Crippen LogP contribution in [0.4, 0.5) is 13.2 Å². The van der Waals surface area contributed by atoms with Crippen LogP contribution < -0.4 is 10.9 Å². The van der Waals surface area contributed by atoms with E-state index in [-0.39, 0.29) is 22.7 Å². The Labute approximate surface area is 142 Å². The van der Waals surface area contributed by atoms with Gasteiger partial charge in [-0.2, -0.15) is 13.2 Å². The number of benzene rings is 1. The topological polar surface area (TPSA) is 54.3 Å². The van der Waals surface area contributed by atoms with Crippen molar-refractivity contribution in [1.82, 2.24) is 9.88 Å². The minimum atomic E-state index is -4.55. The Bertz CT molecular complexity index is 837. The van der Waals surface area contributed by atoms with Crippen LogP contribution in [0, 0.1) is 6.92 Å². The lowest BCUT2D eigenvalue weighted by Crippen LogP contribution is -2.36. The molecule has 1 fully saturated rings. The summed E-state index contributed by atoms with van der Waals surface area (Å²) >= 11 is 0. The number of aromatic hydroxyl groups is 1. The summed E-state index contributed by atoms with van der Waals surface area (Å²) in [5.74, 6) is -0.550. The summed E-state index contributed by atoms with van der Waals surface area (Å²) < 4.78 is 39.9. The van der Waals surface area contributed by atoms with E-state index in [9.17, 15) is 23.1 Å². The number of pyridine rings is 1. The van der Waals surface area contributed by atoms with E-state index in [0.29, 0.717) is 12.6 Å². The number of nitrogens with one attached hydrogen (secondary N) is 1. The quantitative estimate of drug-likeness (QED) is 0.870. The average molecular weight is 352 g/mol. The van der Waals surface area contributed by atoms with Crippen molar-refractivity contribution in [2.75, 3.05) is 13.1 Å². The Hall–Kier alpha value is -2.28. The summed E-state index contributed by atoms with van der Waals surface area (Å²) in [7, 11) is 0. The number of piperidine rings is 1. The predicted octanol–water partition coefficient (Wildman–Crippen LogP) is 3.47. The fourth-order valence-corrected chi connectivity index (χ4v) is 3.21. The zero-order valence-electron chi connectivity index (χ0n) is 13.7. The van der Waals surface area contributed by atoms with Gasteiger partial charge in [-0.05, 0) is 56.1 Å². The third-order valence-electron chi connectivity index (χ3n) is 4.46. The molecule has 134 valence electrons. The summed E-state index contributed by atoms with van der Waals surface area (Å²) in [6.07, 6.45) is -0.984. The van der Waals surface area contributed by atoms with E-state index in [2.05, 4.69) is 5.32 Å². The number of rotatable bonds is 2. The summed E-state index contributed by atoms with van der Waals surface area (Å²) in [5, 5.41) is 13.3. The highest BCUT2D eigenvalue weighted by Crippen LogP contribution is 2.36. The lowest BCUT2D eigenvalue weighted by molar-refractivity contribution is -0.137. The first kappa shape index (κ1) is 17.5. The van der Waals surface area contributed by atoms with E-state index < -0.39 is 17.5 Å². The number of phenolic OH excluding ortho intramolecular Hbond substituents is 1. The van der Waals surface area contributed by atoms with Crippen LogP contribution in [0.25, 0.3) is 11.1 Å². The van der Waals surface area contributed by atoms with Crippen molar-refractivity contribution in [3.63, 3.8) is 0 Å². The molecule has 1 aromatic carbocycles. The Morgan fingerprint density at radius 1 is 1.24 bits per heavy atom. The molecule has 7 heteroatoms. The molecule has 2 heterocycles. The van der Waals surface area contributed by atoms with Gasteiger partial charge in [0.25, 0.3) is 5.56 Å². The lowest BCUT2D eigenvalue weighted by atomic mass is 10.0. The molecule has 1 unspecified atom stereocenters. The first-order valence-corrected chi connectivity index (χ1v) is 8.11. The number of nitrogens with zero attached hydrogens (tertiary/aromatic N) is 1. The van der Waals surface area contributed by atoms with Crippen LogP contribution in [0.5, 0.6) is 5.75 Å². The molecule has 0 amide bonds. The Morgan fingerprint density at radius 2 is 2.00 bits per heavy atom. The smallest absolute Gasteiger partial charge is 0.416 e. The van der Waals surface area contributed by atoms with Crippen LogP contribution in [0.1, 0.15) is 30.0 Å². The maximum Gasteiger partial charge on any atom is 0.416 e. The lowest BCUT2D eigenvalue weighted by Gasteiger charge is -2.26. The van der Waals surface area contributed by atoms with Crippen LogP contribution in [0.2, 0.25) is 0 Å². The number of halogens is 3. The Morgan fingerprint density at radius 3 is 2.60 bits per heavy atom.